The van der Waals surface area contributed by atoms with Crippen molar-refractivity contribution in [1.29, 1.82) is 0 Å². The lowest BCUT2D eigenvalue weighted by Gasteiger charge is -2.36. The zero-order valence-corrected chi connectivity index (χ0v) is 25.0. The summed E-state index contributed by atoms with van der Waals surface area (Å²) in [5.74, 6) is -0.143. The number of hydrogen-bond donors (Lipinski definition) is 1. The third-order valence-electron chi connectivity index (χ3n) is 8.07. The minimum atomic E-state index is -0.901. The first-order chi connectivity index (χ1) is 21.1. The minimum Gasteiger partial charge on any atom is -0.349 e. The minimum absolute atomic E-state index is 0.143. The first-order valence-electron chi connectivity index (χ1n) is 14.1. The van der Waals surface area contributed by atoms with Crippen LogP contribution in [0.3, 0.4) is 0 Å². The Morgan fingerprint density at radius 3 is 1.74 bits per heavy atom. The SMILES string of the molecule is CN1c2ccccc2C(=O)NC1c1nn(C(c2ccccc2)(c2ccccc2)c2ccccc2)nc1-c1ccc(Br)cc1. The molecule has 0 aliphatic carbocycles. The van der Waals surface area contributed by atoms with E-state index in [2.05, 4.69) is 62.5 Å². The fourth-order valence-corrected chi connectivity index (χ4v) is 6.28. The third kappa shape index (κ3) is 4.53. The lowest BCUT2D eigenvalue weighted by Crippen LogP contribution is -2.45. The highest BCUT2D eigenvalue weighted by molar-refractivity contribution is 9.10. The molecule has 1 amide bonds. The number of anilines is 1. The Bertz CT molecular complexity index is 1790. The van der Waals surface area contributed by atoms with Crippen molar-refractivity contribution in [3.8, 4) is 11.3 Å². The Kier molecular flexibility index (Phi) is 6.87. The molecule has 210 valence electrons. The van der Waals surface area contributed by atoms with Crippen LogP contribution in [0.1, 0.15) is 38.9 Å². The van der Waals surface area contributed by atoms with Gasteiger partial charge in [-0.15, -0.1) is 0 Å². The quantitative estimate of drug-likeness (QED) is 0.196. The second kappa shape index (κ2) is 11.0. The summed E-state index contributed by atoms with van der Waals surface area (Å²) in [5.41, 5.74) is 5.86. The van der Waals surface area contributed by atoms with Crippen LogP contribution in [0, 0.1) is 0 Å². The van der Waals surface area contributed by atoms with Crippen LogP contribution in [0.4, 0.5) is 5.69 Å². The number of nitrogens with one attached hydrogen (secondary N) is 1. The largest absolute Gasteiger partial charge is 0.349 e. The lowest BCUT2D eigenvalue weighted by atomic mass is 9.77. The first-order valence-corrected chi connectivity index (χ1v) is 14.9. The van der Waals surface area contributed by atoms with E-state index < -0.39 is 11.7 Å². The molecule has 0 saturated carbocycles. The molecule has 2 heterocycles. The van der Waals surface area contributed by atoms with Crippen molar-refractivity contribution in [2.24, 2.45) is 0 Å². The Labute approximate surface area is 258 Å². The van der Waals surface area contributed by atoms with Gasteiger partial charge >= 0.3 is 0 Å². The number of carbonyl (C=O) groups excluding carboxylic acids is 1. The molecule has 0 saturated heterocycles. The summed E-state index contributed by atoms with van der Waals surface area (Å²) in [5, 5.41) is 13.9. The van der Waals surface area contributed by atoms with Crippen LogP contribution in [-0.2, 0) is 5.54 Å². The van der Waals surface area contributed by atoms with E-state index in [-0.39, 0.29) is 5.91 Å². The number of rotatable bonds is 6. The van der Waals surface area contributed by atoms with Crippen LogP contribution in [0.5, 0.6) is 0 Å². The van der Waals surface area contributed by atoms with E-state index in [0.29, 0.717) is 17.0 Å². The molecule has 43 heavy (non-hydrogen) atoms. The highest BCUT2D eigenvalue weighted by Crippen LogP contribution is 2.42. The summed E-state index contributed by atoms with van der Waals surface area (Å²) in [6, 6.07) is 46.7. The average molecular weight is 627 g/mol. The summed E-state index contributed by atoms with van der Waals surface area (Å²) < 4.78 is 0.967. The van der Waals surface area contributed by atoms with Crippen molar-refractivity contribution in [3.63, 3.8) is 0 Å². The number of aromatic nitrogens is 3. The van der Waals surface area contributed by atoms with E-state index in [9.17, 15) is 4.79 Å². The van der Waals surface area contributed by atoms with Crippen molar-refractivity contribution < 1.29 is 4.79 Å². The standard InChI is InChI=1S/C36H28BrN5O/c1-41-31-20-12-11-19-30(31)35(43)38-34(41)33-32(25-21-23-29(37)24-22-25)39-42(40-33)36(26-13-5-2-6-14-26,27-15-7-3-8-16-27)28-17-9-4-10-18-28/h2-24,34H,1H3,(H,38,43). The third-order valence-corrected chi connectivity index (χ3v) is 8.60. The lowest BCUT2D eigenvalue weighted by molar-refractivity contribution is 0.0927. The van der Waals surface area contributed by atoms with Crippen LogP contribution in [0.25, 0.3) is 11.3 Å². The van der Waals surface area contributed by atoms with Gasteiger partial charge in [-0.05, 0) is 41.0 Å². The van der Waals surface area contributed by atoms with Crippen molar-refractivity contribution in [3.05, 3.63) is 172 Å². The topological polar surface area (TPSA) is 63.1 Å². The first kappa shape index (κ1) is 26.9. The summed E-state index contributed by atoms with van der Waals surface area (Å²) in [6.45, 7) is 0. The molecule has 0 fully saturated rings. The normalized spacial score (nSPS) is 14.7. The highest BCUT2D eigenvalue weighted by atomic mass is 79.9. The Morgan fingerprint density at radius 1 is 0.674 bits per heavy atom. The average Bonchev–Trinajstić information content (AvgIpc) is 3.50. The molecule has 0 radical (unpaired) electrons. The molecule has 6 aromatic rings. The Hall–Kier alpha value is -5.01. The van der Waals surface area contributed by atoms with Gasteiger partial charge in [0.15, 0.2) is 5.54 Å². The number of nitrogens with zero attached hydrogens (tertiary/aromatic N) is 4. The predicted molar refractivity (Wildman–Crippen MR) is 173 cm³/mol. The molecular weight excluding hydrogens is 598 g/mol. The van der Waals surface area contributed by atoms with E-state index in [0.717, 1.165) is 32.4 Å². The summed E-state index contributed by atoms with van der Waals surface area (Å²) in [6.07, 6.45) is -0.546. The fraction of sp³-hybridized carbons (Fsp3) is 0.0833. The molecule has 1 aliphatic rings. The van der Waals surface area contributed by atoms with E-state index in [4.69, 9.17) is 10.2 Å². The van der Waals surface area contributed by atoms with Gasteiger partial charge in [0.05, 0.1) is 11.3 Å². The van der Waals surface area contributed by atoms with Gasteiger partial charge in [-0.3, -0.25) is 4.79 Å². The number of fused-ring (bicyclic) bond motifs is 1. The smallest absolute Gasteiger partial charge is 0.255 e. The molecule has 1 aromatic heterocycles. The highest BCUT2D eigenvalue weighted by Gasteiger charge is 2.43. The number of hydrogen-bond acceptors (Lipinski definition) is 4. The summed E-state index contributed by atoms with van der Waals surface area (Å²) in [7, 11) is 1.98. The molecular formula is C36H28BrN5O. The molecule has 0 bridgehead atoms. The van der Waals surface area contributed by atoms with Gasteiger partial charge in [0.1, 0.15) is 17.6 Å². The number of halogens is 1. The molecule has 0 spiro atoms. The van der Waals surface area contributed by atoms with Crippen LogP contribution in [0.15, 0.2) is 144 Å². The van der Waals surface area contributed by atoms with Crippen molar-refractivity contribution in [1.82, 2.24) is 20.3 Å². The predicted octanol–water partition coefficient (Wildman–Crippen LogP) is 7.43. The fourth-order valence-electron chi connectivity index (χ4n) is 6.01. The van der Waals surface area contributed by atoms with E-state index in [1.54, 1.807) is 0 Å². The zero-order chi connectivity index (χ0) is 29.4. The number of amides is 1. The van der Waals surface area contributed by atoms with Gasteiger partial charge in [0, 0.05) is 17.1 Å². The Balaban J connectivity index is 1.54. The Morgan fingerprint density at radius 2 is 1.19 bits per heavy atom. The number of para-hydroxylation sites is 1. The monoisotopic (exact) mass is 625 g/mol. The molecule has 7 rings (SSSR count). The maximum absolute atomic E-state index is 13.4. The zero-order valence-electron chi connectivity index (χ0n) is 23.4. The number of benzene rings is 5. The number of carbonyl (C=O) groups is 1. The summed E-state index contributed by atoms with van der Waals surface area (Å²) in [4.78, 5) is 17.3. The molecule has 1 unspecified atom stereocenters. The van der Waals surface area contributed by atoms with Crippen LogP contribution < -0.4 is 10.2 Å². The summed E-state index contributed by atoms with van der Waals surface area (Å²) >= 11 is 3.57. The van der Waals surface area contributed by atoms with Gasteiger partial charge in [-0.2, -0.15) is 15.0 Å². The molecule has 6 nitrogen and oxygen atoms in total. The van der Waals surface area contributed by atoms with Crippen LogP contribution in [0.2, 0.25) is 0 Å². The molecule has 1 aliphatic heterocycles. The maximum atomic E-state index is 13.4. The van der Waals surface area contributed by atoms with E-state index in [1.165, 1.54) is 0 Å². The van der Waals surface area contributed by atoms with Crippen molar-refractivity contribution in [2.75, 3.05) is 11.9 Å². The van der Waals surface area contributed by atoms with E-state index >= 15 is 0 Å². The second-order valence-electron chi connectivity index (χ2n) is 10.5. The van der Waals surface area contributed by atoms with Crippen LogP contribution >= 0.6 is 15.9 Å². The van der Waals surface area contributed by atoms with Crippen molar-refractivity contribution in [2.45, 2.75) is 11.7 Å². The van der Waals surface area contributed by atoms with Crippen molar-refractivity contribution >= 4 is 27.5 Å². The van der Waals surface area contributed by atoms with Gasteiger partial charge in [-0.25, -0.2) is 0 Å². The molecule has 1 N–H and O–H groups in total. The second-order valence-corrected chi connectivity index (χ2v) is 11.5. The van der Waals surface area contributed by atoms with Gasteiger partial charge in [0.25, 0.3) is 5.91 Å². The molecule has 1 atom stereocenters. The van der Waals surface area contributed by atoms with Crippen LogP contribution in [-0.4, -0.2) is 27.9 Å². The van der Waals surface area contributed by atoms with Gasteiger partial charge < -0.3 is 10.2 Å². The molecule has 7 heteroatoms. The van der Waals surface area contributed by atoms with E-state index in [1.807, 2.05) is 115 Å². The van der Waals surface area contributed by atoms with Gasteiger partial charge in [0.2, 0.25) is 0 Å². The maximum Gasteiger partial charge on any atom is 0.255 e. The van der Waals surface area contributed by atoms with Gasteiger partial charge in [-0.1, -0.05) is 131 Å². The molecule has 5 aromatic carbocycles.